The molecule has 0 radical (unpaired) electrons. The molecule has 0 bridgehead atoms. The highest BCUT2D eigenvalue weighted by atomic mass is 16.4. The van der Waals surface area contributed by atoms with Crippen molar-refractivity contribution in [3.63, 3.8) is 0 Å². The first-order chi connectivity index (χ1) is 13.7. The van der Waals surface area contributed by atoms with E-state index in [2.05, 4.69) is 20.2 Å². The third kappa shape index (κ3) is 2.68. The first kappa shape index (κ1) is 16.4. The van der Waals surface area contributed by atoms with Crippen LogP contribution in [0.2, 0.25) is 0 Å². The van der Waals surface area contributed by atoms with Crippen LogP contribution in [0.1, 0.15) is 35.8 Å². The van der Waals surface area contributed by atoms with Gasteiger partial charge in [-0.2, -0.15) is 10.2 Å². The molecule has 1 fully saturated rings. The number of amides is 1. The van der Waals surface area contributed by atoms with E-state index in [0.29, 0.717) is 28.6 Å². The number of aromatic amines is 1. The average molecular weight is 375 g/mol. The number of nitrogens with one attached hydrogen (secondary N) is 1. The Balaban J connectivity index is 1.70. The molecule has 0 saturated heterocycles. The van der Waals surface area contributed by atoms with Crippen LogP contribution in [-0.4, -0.2) is 35.9 Å². The summed E-state index contributed by atoms with van der Waals surface area (Å²) in [4.78, 5) is 20.8. The number of carbonyl (C=O) groups excluding carboxylic acids is 1. The van der Waals surface area contributed by atoms with Crippen molar-refractivity contribution in [1.82, 2.24) is 29.9 Å². The maximum Gasteiger partial charge on any atom is 0.271 e. The Bertz CT molecular complexity index is 1120. The molecule has 0 unspecified atom stereocenters. The fraction of sp³-hybridized carbons (Fsp3) is 0.211. The molecule has 4 aromatic rings. The first-order valence-corrected chi connectivity index (χ1v) is 9.01. The second-order valence-electron chi connectivity index (χ2n) is 6.72. The zero-order valence-corrected chi connectivity index (χ0v) is 14.9. The Hall–Kier alpha value is -3.75. The summed E-state index contributed by atoms with van der Waals surface area (Å²) < 4.78 is 7.88. The number of nitrogens with zero attached hydrogens (tertiary/aromatic N) is 5. The molecule has 4 aromatic heterocycles. The number of pyridine rings is 1. The van der Waals surface area contributed by atoms with Gasteiger partial charge in [0.15, 0.2) is 11.5 Å². The van der Waals surface area contributed by atoms with Crippen LogP contribution in [0, 0.1) is 0 Å². The van der Waals surface area contributed by atoms with Gasteiger partial charge in [0, 0.05) is 18.6 Å². The highest BCUT2D eigenvalue weighted by molar-refractivity contribution is 5.98. The van der Waals surface area contributed by atoms with Crippen LogP contribution in [0.4, 0.5) is 0 Å². The number of primary amides is 1. The van der Waals surface area contributed by atoms with E-state index in [9.17, 15) is 4.79 Å². The summed E-state index contributed by atoms with van der Waals surface area (Å²) in [5.74, 6) is -0.118. The van der Waals surface area contributed by atoms with Gasteiger partial charge < -0.3 is 10.2 Å². The molecule has 140 valence electrons. The zero-order valence-electron chi connectivity index (χ0n) is 14.9. The predicted molar refractivity (Wildman–Crippen MR) is 99.9 cm³/mol. The molecule has 0 atom stereocenters. The minimum Gasteiger partial charge on any atom is -0.435 e. The molecule has 0 spiro atoms. The third-order valence-corrected chi connectivity index (χ3v) is 4.94. The van der Waals surface area contributed by atoms with Crippen LogP contribution in [0.25, 0.3) is 34.2 Å². The highest BCUT2D eigenvalue weighted by Gasteiger charge is 2.28. The van der Waals surface area contributed by atoms with Gasteiger partial charge in [0.05, 0.1) is 29.1 Å². The number of aromatic nitrogens is 6. The van der Waals surface area contributed by atoms with E-state index in [1.165, 1.54) is 6.42 Å². The highest BCUT2D eigenvalue weighted by Crippen LogP contribution is 2.38. The smallest absolute Gasteiger partial charge is 0.271 e. The Labute approximate surface area is 159 Å². The predicted octanol–water partition coefficient (Wildman–Crippen LogP) is 2.81. The fourth-order valence-electron chi connectivity index (χ4n) is 3.25. The van der Waals surface area contributed by atoms with Crippen LogP contribution in [0.3, 0.4) is 0 Å². The van der Waals surface area contributed by atoms with Crippen molar-refractivity contribution >= 4 is 5.91 Å². The van der Waals surface area contributed by atoms with E-state index in [1.54, 1.807) is 18.6 Å². The maximum atomic E-state index is 12.1. The number of nitrogens with two attached hydrogens (primary N) is 1. The number of carbonyl (C=O) groups is 1. The minimum atomic E-state index is -0.670. The van der Waals surface area contributed by atoms with E-state index in [4.69, 9.17) is 15.2 Å². The van der Waals surface area contributed by atoms with Crippen molar-refractivity contribution < 1.29 is 9.21 Å². The van der Waals surface area contributed by atoms with Crippen molar-refractivity contribution in [1.29, 1.82) is 0 Å². The second-order valence-corrected chi connectivity index (χ2v) is 6.72. The molecule has 1 aliphatic carbocycles. The van der Waals surface area contributed by atoms with Crippen molar-refractivity contribution in [2.24, 2.45) is 5.73 Å². The van der Waals surface area contributed by atoms with Gasteiger partial charge in [-0.15, -0.1) is 0 Å². The molecule has 1 saturated carbocycles. The maximum absolute atomic E-state index is 12.1. The largest absolute Gasteiger partial charge is 0.435 e. The van der Waals surface area contributed by atoms with Gasteiger partial charge >= 0.3 is 0 Å². The second kappa shape index (κ2) is 6.45. The lowest BCUT2D eigenvalue weighted by atomic mass is 9.93. The van der Waals surface area contributed by atoms with Gasteiger partial charge in [0.25, 0.3) is 5.91 Å². The van der Waals surface area contributed by atoms with E-state index >= 15 is 0 Å². The fourth-order valence-corrected chi connectivity index (χ4v) is 3.25. The first-order valence-electron chi connectivity index (χ1n) is 9.01. The molecule has 3 N–H and O–H groups in total. The van der Waals surface area contributed by atoms with Crippen molar-refractivity contribution in [3.8, 4) is 34.2 Å². The molecule has 0 aromatic carbocycles. The summed E-state index contributed by atoms with van der Waals surface area (Å²) >= 11 is 0. The third-order valence-electron chi connectivity index (χ3n) is 4.94. The van der Waals surface area contributed by atoms with Gasteiger partial charge in [0.2, 0.25) is 5.89 Å². The molecule has 5 rings (SSSR count). The van der Waals surface area contributed by atoms with Crippen molar-refractivity contribution in [3.05, 3.63) is 48.7 Å². The van der Waals surface area contributed by atoms with Crippen LogP contribution in [-0.2, 0) is 0 Å². The van der Waals surface area contributed by atoms with Crippen LogP contribution in [0.15, 0.2) is 47.4 Å². The molecule has 1 amide bonds. The minimum absolute atomic E-state index is 0.0570. The van der Waals surface area contributed by atoms with Gasteiger partial charge in [-0.05, 0) is 31.4 Å². The number of rotatable bonds is 5. The van der Waals surface area contributed by atoms with E-state index in [-0.39, 0.29) is 17.3 Å². The zero-order chi connectivity index (χ0) is 19.1. The molecule has 1 aliphatic rings. The molecule has 9 heteroatoms. The van der Waals surface area contributed by atoms with E-state index in [1.807, 2.05) is 29.1 Å². The Morgan fingerprint density at radius 3 is 2.86 bits per heavy atom. The lowest BCUT2D eigenvalue weighted by Crippen LogP contribution is -2.17. The molecule has 0 aliphatic heterocycles. The topological polar surface area (TPSA) is 129 Å². The van der Waals surface area contributed by atoms with Crippen molar-refractivity contribution in [2.75, 3.05) is 0 Å². The quantitative estimate of drug-likeness (QED) is 0.552. The lowest BCUT2D eigenvalue weighted by molar-refractivity contribution is 0.0996. The number of hydrogen-bond acceptors (Lipinski definition) is 6. The number of oxazole rings is 1. The SMILES string of the molecule is NC(=O)c1nc(-c2cn[nH]c2)oc1-c1cn(C2CCC2)nc1-c1ccccn1. The standard InChI is InChI=1S/C19H17N7O2/c20-18(27)16-17(28-19(24-16)11-8-22-23-9-11)13-10-26(12-4-3-5-12)25-15(13)14-6-1-2-7-21-14/h1-2,6-10,12H,3-5H2,(H2,20,27)(H,22,23). The summed E-state index contributed by atoms with van der Waals surface area (Å²) in [6.07, 6.45) is 10.1. The summed E-state index contributed by atoms with van der Waals surface area (Å²) in [7, 11) is 0. The lowest BCUT2D eigenvalue weighted by Gasteiger charge is -2.25. The number of H-pyrrole nitrogens is 1. The van der Waals surface area contributed by atoms with Crippen molar-refractivity contribution in [2.45, 2.75) is 25.3 Å². The van der Waals surface area contributed by atoms with Crippen LogP contribution < -0.4 is 5.73 Å². The van der Waals surface area contributed by atoms with Gasteiger partial charge in [0.1, 0.15) is 5.69 Å². The van der Waals surface area contributed by atoms with Gasteiger partial charge in [-0.25, -0.2) is 4.98 Å². The summed E-state index contributed by atoms with van der Waals surface area (Å²) in [6.45, 7) is 0. The molecule has 28 heavy (non-hydrogen) atoms. The van der Waals surface area contributed by atoms with Crippen LogP contribution >= 0.6 is 0 Å². The van der Waals surface area contributed by atoms with Gasteiger partial charge in [-0.1, -0.05) is 6.07 Å². The average Bonchev–Trinajstić information content (AvgIpc) is 3.39. The summed E-state index contributed by atoms with van der Waals surface area (Å²) in [6, 6.07) is 5.94. The summed E-state index contributed by atoms with van der Waals surface area (Å²) in [5.41, 5.74) is 8.22. The molecular weight excluding hydrogens is 358 g/mol. The van der Waals surface area contributed by atoms with Gasteiger partial charge in [-0.3, -0.25) is 19.6 Å². The Morgan fingerprint density at radius 2 is 2.21 bits per heavy atom. The molecule has 4 heterocycles. The van der Waals surface area contributed by atoms with E-state index in [0.717, 1.165) is 12.8 Å². The Morgan fingerprint density at radius 1 is 1.32 bits per heavy atom. The van der Waals surface area contributed by atoms with Crippen LogP contribution in [0.5, 0.6) is 0 Å². The summed E-state index contributed by atoms with van der Waals surface area (Å²) in [5, 5.41) is 11.4. The monoisotopic (exact) mass is 375 g/mol. The van der Waals surface area contributed by atoms with E-state index < -0.39 is 5.91 Å². The Kier molecular flexibility index (Phi) is 3.78. The molecule has 9 nitrogen and oxygen atoms in total. The normalized spacial score (nSPS) is 14.1. The number of hydrogen-bond donors (Lipinski definition) is 2. The molecular formula is C19H17N7O2.